The largest absolute Gasteiger partial charge is 0.507 e. The van der Waals surface area contributed by atoms with Gasteiger partial charge in [0, 0.05) is 0 Å². The third kappa shape index (κ3) is 3.18. The third-order valence-corrected chi connectivity index (χ3v) is 4.80. The molecule has 142 valence electrons. The van der Waals surface area contributed by atoms with E-state index in [1.807, 2.05) is 19.9 Å². The van der Waals surface area contributed by atoms with Gasteiger partial charge in [-0.05, 0) is 49.6 Å². The molecule has 2 atom stereocenters. The van der Waals surface area contributed by atoms with Crippen molar-refractivity contribution < 1.29 is 24.9 Å². The molecular formula is C21H23NO5. The third-order valence-electron chi connectivity index (χ3n) is 4.80. The molecule has 3 rings (SSSR count). The van der Waals surface area contributed by atoms with E-state index in [0.29, 0.717) is 17.7 Å². The number of nitrogens with one attached hydrogen (secondary N) is 1. The zero-order valence-electron chi connectivity index (χ0n) is 15.5. The van der Waals surface area contributed by atoms with Gasteiger partial charge in [-0.25, -0.2) is 0 Å². The first-order chi connectivity index (χ1) is 12.8. The second kappa shape index (κ2) is 7.06. The summed E-state index contributed by atoms with van der Waals surface area (Å²) in [7, 11) is 1.52. The summed E-state index contributed by atoms with van der Waals surface area (Å²) in [5.74, 6) is -0.321. The Kier molecular flexibility index (Phi) is 4.95. The topological polar surface area (TPSA) is 99.0 Å². The molecule has 0 fully saturated rings. The fourth-order valence-corrected chi connectivity index (χ4v) is 3.28. The van der Waals surface area contributed by atoms with E-state index in [9.17, 15) is 20.1 Å². The molecule has 1 aliphatic rings. The van der Waals surface area contributed by atoms with Crippen LogP contribution >= 0.6 is 0 Å². The van der Waals surface area contributed by atoms with Gasteiger partial charge in [-0.15, -0.1) is 0 Å². The van der Waals surface area contributed by atoms with Crippen molar-refractivity contribution in [2.24, 2.45) is 0 Å². The van der Waals surface area contributed by atoms with Crippen molar-refractivity contribution in [3.8, 4) is 11.5 Å². The highest BCUT2D eigenvalue weighted by Gasteiger charge is 2.50. The van der Waals surface area contributed by atoms with Gasteiger partial charge in [-0.3, -0.25) is 4.79 Å². The molecule has 1 heterocycles. The van der Waals surface area contributed by atoms with Gasteiger partial charge < -0.3 is 25.4 Å². The van der Waals surface area contributed by atoms with E-state index in [2.05, 4.69) is 5.32 Å². The van der Waals surface area contributed by atoms with Crippen LogP contribution in [0, 0.1) is 0 Å². The van der Waals surface area contributed by atoms with Crippen LogP contribution in [0.1, 0.15) is 30.5 Å². The summed E-state index contributed by atoms with van der Waals surface area (Å²) < 4.78 is 5.12. The van der Waals surface area contributed by atoms with E-state index < -0.39 is 17.6 Å². The highest BCUT2D eigenvalue weighted by Crippen LogP contribution is 2.47. The van der Waals surface area contributed by atoms with Gasteiger partial charge in [-0.1, -0.05) is 29.8 Å². The molecule has 6 nitrogen and oxygen atoms in total. The number of aromatic hydroxyl groups is 1. The van der Waals surface area contributed by atoms with Crippen LogP contribution in [0.4, 0.5) is 5.69 Å². The number of aliphatic hydroxyl groups excluding tert-OH is 1. The predicted molar refractivity (Wildman–Crippen MR) is 102 cm³/mol. The Morgan fingerprint density at radius 1 is 1.22 bits per heavy atom. The molecule has 2 aromatic rings. The highest BCUT2D eigenvalue weighted by molar-refractivity contribution is 6.00. The van der Waals surface area contributed by atoms with Crippen molar-refractivity contribution in [1.29, 1.82) is 0 Å². The van der Waals surface area contributed by atoms with Gasteiger partial charge in [0.2, 0.25) is 0 Å². The second-order valence-electron chi connectivity index (χ2n) is 6.87. The predicted octanol–water partition coefficient (Wildman–Crippen LogP) is 2.46. The molecule has 27 heavy (non-hydrogen) atoms. The fraction of sp³-hybridized carbons (Fsp3) is 0.286. The van der Waals surface area contributed by atoms with Gasteiger partial charge in [0.15, 0.2) is 11.7 Å². The van der Waals surface area contributed by atoms with Crippen LogP contribution in [-0.2, 0) is 16.8 Å². The number of benzene rings is 2. The van der Waals surface area contributed by atoms with Crippen LogP contribution in [0.2, 0.25) is 0 Å². The van der Waals surface area contributed by atoms with Gasteiger partial charge in [-0.2, -0.15) is 0 Å². The van der Waals surface area contributed by atoms with Crippen molar-refractivity contribution >= 4 is 11.6 Å². The number of rotatable bonds is 4. The summed E-state index contributed by atoms with van der Waals surface area (Å²) in [5, 5.41) is 35.4. The first-order valence-electron chi connectivity index (χ1n) is 8.63. The quantitative estimate of drug-likeness (QED) is 0.621. The van der Waals surface area contributed by atoms with E-state index in [4.69, 9.17) is 4.74 Å². The van der Waals surface area contributed by atoms with Gasteiger partial charge in [0.05, 0.1) is 18.4 Å². The monoisotopic (exact) mass is 369 g/mol. The first-order valence-corrected chi connectivity index (χ1v) is 8.63. The van der Waals surface area contributed by atoms with Crippen molar-refractivity contribution in [1.82, 2.24) is 0 Å². The minimum absolute atomic E-state index is 0.0828. The number of methoxy groups -OCH3 is 1. The van der Waals surface area contributed by atoms with Crippen LogP contribution < -0.4 is 10.1 Å². The number of ether oxygens (including phenoxy) is 1. The molecule has 0 radical (unpaired) electrons. The van der Waals surface area contributed by atoms with Crippen molar-refractivity contribution in [2.75, 3.05) is 12.4 Å². The SMILES string of the molecule is COc1ccc(C2(O)c3c(ccc(CC=C(C)C)c3O)NC(=O)C2O)cc1. The summed E-state index contributed by atoms with van der Waals surface area (Å²) in [6, 6.07) is 9.69. The fourth-order valence-electron chi connectivity index (χ4n) is 3.28. The normalized spacial score (nSPS) is 21.2. The Morgan fingerprint density at radius 3 is 2.48 bits per heavy atom. The summed E-state index contributed by atoms with van der Waals surface area (Å²) in [4.78, 5) is 12.2. The van der Waals surface area contributed by atoms with Crippen LogP contribution in [0.25, 0.3) is 0 Å². The number of phenolic OH excluding ortho intramolecular Hbond substituents is 1. The highest BCUT2D eigenvalue weighted by atomic mass is 16.5. The van der Waals surface area contributed by atoms with Crippen LogP contribution in [0.5, 0.6) is 11.5 Å². The maximum atomic E-state index is 12.2. The van der Waals surface area contributed by atoms with Crippen molar-refractivity contribution in [3.63, 3.8) is 0 Å². The average Bonchev–Trinajstić information content (AvgIpc) is 2.65. The van der Waals surface area contributed by atoms with E-state index in [0.717, 1.165) is 5.57 Å². The zero-order valence-corrected chi connectivity index (χ0v) is 15.5. The molecule has 0 aromatic heterocycles. The molecule has 0 aliphatic carbocycles. The first kappa shape index (κ1) is 18.9. The second-order valence-corrected chi connectivity index (χ2v) is 6.87. The Morgan fingerprint density at radius 2 is 1.89 bits per heavy atom. The molecule has 0 saturated carbocycles. The lowest BCUT2D eigenvalue weighted by Gasteiger charge is -2.39. The number of phenols is 1. The molecule has 2 unspecified atom stereocenters. The summed E-state index contributed by atoms with van der Waals surface area (Å²) in [6.45, 7) is 3.90. The average molecular weight is 369 g/mol. The number of allylic oxidation sites excluding steroid dienone is 2. The number of carbonyl (C=O) groups excluding carboxylic acids is 1. The molecular weight excluding hydrogens is 346 g/mol. The van der Waals surface area contributed by atoms with Gasteiger partial charge >= 0.3 is 0 Å². The molecule has 0 spiro atoms. The van der Waals surface area contributed by atoms with Gasteiger partial charge in [0.1, 0.15) is 11.5 Å². The van der Waals surface area contributed by atoms with E-state index in [1.54, 1.807) is 36.4 Å². The van der Waals surface area contributed by atoms with E-state index in [-0.39, 0.29) is 22.6 Å². The maximum Gasteiger partial charge on any atom is 0.256 e. The van der Waals surface area contributed by atoms with E-state index in [1.165, 1.54) is 7.11 Å². The Bertz CT molecular complexity index is 900. The van der Waals surface area contributed by atoms with Crippen molar-refractivity contribution in [3.05, 3.63) is 64.7 Å². The smallest absolute Gasteiger partial charge is 0.256 e. The lowest BCUT2D eigenvalue weighted by atomic mass is 9.76. The molecule has 1 amide bonds. The summed E-state index contributed by atoms with van der Waals surface area (Å²) >= 11 is 0. The lowest BCUT2D eigenvalue weighted by Crippen LogP contribution is -2.51. The van der Waals surface area contributed by atoms with Crippen LogP contribution in [-0.4, -0.2) is 34.4 Å². The van der Waals surface area contributed by atoms with E-state index >= 15 is 0 Å². The number of hydrogen-bond acceptors (Lipinski definition) is 5. The lowest BCUT2D eigenvalue weighted by molar-refractivity contribution is -0.138. The number of carbonyl (C=O) groups is 1. The number of fused-ring (bicyclic) bond motifs is 1. The number of amides is 1. The standard InChI is InChI=1S/C21H23NO5/c1-12(2)4-5-13-6-11-16-17(18(13)23)21(26,19(24)20(25)22-16)14-7-9-15(27-3)10-8-14/h4,6-11,19,23-24,26H,5H2,1-3H3,(H,22,25). The molecule has 0 bridgehead atoms. The minimum atomic E-state index is -2.09. The van der Waals surface area contributed by atoms with Gasteiger partial charge in [0.25, 0.3) is 5.91 Å². The molecule has 6 heteroatoms. The molecule has 4 N–H and O–H groups in total. The number of hydrogen-bond donors (Lipinski definition) is 4. The van der Waals surface area contributed by atoms with Crippen LogP contribution in [0.15, 0.2) is 48.0 Å². The maximum absolute atomic E-state index is 12.2. The Labute approximate surface area is 157 Å². The summed E-state index contributed by atoms with van der Waals surface area (Å²) in [6.07, 6.45) is 0.638. The molecule has 2 aromatic carbocycles. The molecule has 0 saturated heterocycles. The Balaban J connectivity index is 2.21. The zero-order chi connectivity index (χ0) is 19.8. The van der Waals surface area contributed by atoms with Crippen LogP contribution in [0.3, 0.4) is 0 Å². The number of anilines is 1. The Hall–Kier alpha value is -2.83. The molecule has 1 aliphatic heterocycles. The minimum Gasteiger partial charge on any atom is -0.507 e. The number of aliphatic hydroxyl groups is 2. The van der Waals surface area contributed by atoms with Crippen molar-refractivity contribution in [2.45, 2.75) is 32.0 Å². The summed E-state index contributed by atoms with van der Waals surface area (Å²) in [5.41, 5.74) is 0.216.